The van der Waals surface area contributed by atoms with E-state index in [9.17, 15) is 4.79 Å². The Kier molecular flexibility index (Phi) is 3.91. The van der Waals surface area contributed by atoms with E-state index >= 15 is 0 Å². The van der Waals surface area contributed by atoms with Crippen LogP contribution in [0.4, 0.5) is 0 Å². The third-order valence-electron chi connectivity index (χ3n) is 4.84. The first-order valence-electron chi connectivity index (χ1n) is 9.17. The Balaban J connectivity index is 1.82. The first kappa shape index (κ1) is 15.4. The summed E-state index contributed by atoms with van der Waals surface area (Å²) in [6, 6.07) is 8.75. The second-order valence-corrected chi connectivity index (χ2v) is 7.23. The summed E-state index contributed by atoms with van der Waals surface area (Å²) in [5.41, 5.74) is 5.21. The smallest absolute Gasteiger partial charge is 0.255 e. The summed E-state index contributed by atoms with van der Waals surface area (Å²) in [6.45, 7) is 4.25. The van der Waals surface area contributed by atoms with Gasteiger partial charge in [0, 0.05) is 12.0 Å². The van der Waals surface area contributed by atoms with Gasteiger partial charge in [-0.3, -0.25) is 4.79 Å². The average molecular weight is 323 g/mol. The first-order valence-corrected chi connectivity index (χ1v) is 9.17. The molecule has 4 nitrogen and oxygen atoms in total. The molecule has 0 saturated heterocycles. The van der Waals surface area contributed by atoms with E-state index in [1.807, 2.05) is 4.68 Å². The number of amides is 1. The van der Waals surface area contributed by atoms with Crippen molar-refractivity contribution in [3.63, 3.8) is 0 Å². The zero-order valence-electron chi connectivity index (χ0n) is 14.5. The monoisotopic (exact) mass is 323 g/mol. The van der Waals surface area contributed by atoms with Gasteiger partial charge in [-0.25, -0.2) is 4.68 Å². The molecule has 0 bridgehead atoms. The van der Waals surface area contributed by atoms with E-state index in [1.165, 1.54) is 5.56 Å². The number of nitrogens with zero attached hydrogens (tertiary/aromatic N) is 2. The fourth-order valence-electron chi connectivity index (χ4n) is 3.29. The molecule has 2 fully saturated rings. The van der Waals surface area contributed by atoms with Gasteiger partial charge in [0.2, 0.25) is 0 Å². The van der Waals surface area contributed by atoms with Gasteiger partial charge in [-0.15, -0.1) is 0 Å². The van der Waals surface area contributed by atoms with E-state index in [0.29, 0.717) is 12.0 Å². The lowest BCUT2D eigenvalue weighted by Gasteiger charge is -2.10. The van der Waals surface area contributed by atoms with Crippen LogP contribution in [0.3, 0.4) is 0 Å². The molecule has 0 aliphatic heterocycles. The number of benzene rings is 1. The zero-order chi connectivity index (χ0) is 16.7. The van der Waals surface area contributed by atoms with Gasteiger partial charge in [0.25, 0.3) is 5.91 Å². The molecule has 2 aliphatic rings. The predicted octanol–water partition coefficient (Wildman–Crippen LogP) is 3.90. The van der Waals surface area contributed by atoms with Crippen molar-refractivity contribution in [2.24, 2.45) is 0 Å². The van der Waals surface area contributed by atoms with E-state index < -0.39 is 0 Å². The molecule has 0 atom stereocenters. The van der Waals surface area contributed by atoms with Crippen LogP contribution in [0, 0.1) is 6.92 Å². The fourth-order valence-corrected chi connectivity index (χ4v) is 3.29. The quantitative estimate of drug-likeness (QED) is 0.876. The molecule has 1 aromatic carbocycles. The summed E-state index contributed by atoms with van der Waals surface area (Å²) in [6.07, 6.45) is 6.41. The second kappa shape index (κ2) is 6.08. The SMILES string of the molecule is CCCc1c(C(=O)NC2CC2)c(C2CC2)nn1-c1cccc(C)c1. The van der Waals surface area contributed by atoms with Gasteiger partial charge in [0.05, 0.1) is 22.6 Å². The number of aromatic nitrogens is 2. The standard InChI is InChI=1S/C20H25N3O/c1-3-5-17-18(20(24)21-15-10-11-15)19(14-8-9-14)22-23(17)16-7-4-6-13(2)12-16/h4,6-7,12,14-15H,3,5,8-11H2,1-2H3,(H,21,24). The Morgan fingerprint density at radius 2 is 2.08 bits per heavy atom. The van der Waals surface area contributed by atoms with Gasteiger partial charge in [-0.2, -0.15) is 5.10 Å². The van der Waals surface area contributed by atoms with Crippen molar-refractivity contribution in [2.45, 2.75) is 64.3 Å². The van der Waals surface area contributed by atoms with E-state index in [0.717, 1.165) is 61.2 Å². The Labute approximate surface area is 143 Å². The molecule has 2 saturated carbocycles. The van der Waals surface area contributed by atoms with Crippen LogP contribution in [0.1, 0.15) is 72.3 Å². The molecule has 24 heavy (non-hydrogen) atoms. The van der Waals surface area contributed by atoms with E-state index in [2.05, 4.69) is 43.4 Å². The zero-order valence-corrected chi connectivity index (χ0v) is 14.5. The molecule has 1 N–H and O–H groups in total. The van der Waals surface area contributed by atoms with Crippen LogP contribution in [-0.4, -0.2) is 21.7 Å². The molecule has 4 rings (SSSR count). The predicted molar refractivity (Wildman–Crippen MR) is 94.8 cm³/mol. The van der Waals surface area contributed by atoms with Crippen molar-refractivity contribution in [1.82, 2.24) is 15.1 Å². The molecule has 1 aromatic heterocycles. The minimum atomic E-state index is 0.0850. The van der Waals surface area contributed by atoms with Gasteiger partial charge in [-0.05, 0) is 56.7 Å². The lowest BCUT2D eigenvalue weighted by atomic mass is 10.1. The van der Waals surface area contributed by atoms with Crippen LogP contribution in [0.25, 0.3) is 5.69 Å². The molecule has 0 spiro atoms. The highest BCUT2D eigenvalue weighted by Crippen LogP contribution is 2.42. The van der Waals surface area contributed by atoms with Gasteiger partial charge >= 0.3 is 0 Å². The summed E-state index contributed by atoms with van der Waals surface area (Å²) in [7, 11) is 0. The van der Waals surface area contributed by atoms with Crippen LogP contribution in [0.15, 0.2) is 24.3 Å². The Morgan fingerprint density at radius 1 is 1.29 bits per heavy atom. The largest absolute Gasteiger partial charge is 0.349 e. The topological polar surface area (TPSA) is 46.9 Å². The van der Waals surface area contributed by atoms with Crippen molar-refractivity contribution in [2.75, 3.05) is 0 Å². The first-order chi connectivity index (χ1) is 11.7. The number of carbonyl (C=O) groups is 1. The molecule has 0 unspecified atom stereocenters. The van der Waals surface area contributed by atoms with E-state index in [1.54, 1.807) is 0 Å². The molecule has 2 aliphatic carbocycles. The molecular weight excluding hydrogens is 298 g/mol. The summed E-state index contributed by atoms with van der Waals surface area (Å²) < 4.78 is 2.02. The number of nitrogens with one attached hydrogen (secondary N) is 1. The van der Waals surface area contributed by atoms with E-state index in [-0.39, 0.29) is 5.91 Å². The van der Waals surface area contributed by atoms with Crippen molar-refractivity contribution >= 4 is 5.91 Å². The third-order valence-corrected chi connectivity index (χ3v) is 4.84. The molecule has 4 heteroatoms. The van der Waals surface area contributed by atoms with Gasteiger partial charge in [0.15, 0.2) is 0 Å². The number of hydrogen-bond acceptors (Lipinski definition) is 2. The molecule has 1 heterocycles. The minimum absolute atomic E-state index is 0.0850. The lowest BCUT2D eigenvalue weighted by molar-refractivity contribution is 0.0949. The number of aryl methyl sites for hydroxylation is 1. The van der Waals surface area contributed by atoms with Crippen LogP contribution in [0.2, 0.25) is 0 Å². The fraction of sp³-hybridized carbons (Fsp3) is 0.500. The van der Waals surface area contributed by atoms with Gasteiger partial charge in [-0.1, -0.05) is 25.5 Å². The van der Waals surface area contributed by atoms with Crippen molar-refractivity contribution in [3.05, 3.63) is 46.8 Å². The maximum absolute atomic E-state index is 12.9. The van der Waals surface area contributed by atoms with Crippen LogP contribution < -0.4 is 5.32 Å². The molecule has 126 valence electrons. The lowest BCUT2D eigenvalue weighted by Crippen LogP contribution is -2.27. The average Bonchev–Trinajstić information content (AvgIpc) is 3.47. The Morgan fingerprint density at radius 3 is 2.71 bits per heavy atom. The highest BCUT2D eigenvalue weighted by Gasteiger charge is 2.36. The Bertz CT molecular complexity index is 769. The van der Waals surface area contributed by atoms with Crippen LogP contribution >= 0.6 is 0 Å². The molecule has 1 amide bonds. The Hall–Kier alpha value is -2.10. The molecule has 0 radical (unpaired) electrons. The van der Waals surface area contributed by atoms with Crippen LogP contribution in [0.5, 0.6) is 0 Å². The van der Waals surface area contributed by atoms with Crippen molar-refractivity contribution in [1.29, 1.82) is 0 Å². The number of rotatable bonds is 6. The second-order valence-electron chi connectivity index (χ2n) is 7.23. The van der Waals surface area contributed by atoms with Gasteiger partial charge < -0.3 is 5.32 Å². The molecule has 2 aromatic rings. The van der Waals surface area contributed by atoms with Crippen LogP contribution in [-0.2, 0) is 6.42 Å². The number of carbonyl (C=O) groups excluding carboxylic acids is 1. The number of hydrogen-bond donors (Lipinski definition) is 1. The summed E-state index contributed by atoms with van der Waals surface area (Å²) in [4.78, 5) is 12.9. The summed E-state index contributed by atoms with van der Waals surface area (Å²) in [5, 5.41) is 8.08. The summed E-state index contributed by atoms with van der Waals surface area (Å²) in [5.74, 6) is 0.549. The van der Waals surface area contributed by atoms with E-state index in [4.69, 9.17) is 5.10 Å². The van der Waals surface area contributed by atoms with Crippen molar-refractivity contribution < 1.29 is 4.79 Å². The maximum Gasteiger partial charge on any atom is 0.255 e. The third kappa shape index (κ3) is 2.97. The molecular formula is C20H25N3O. The summed E-state index contributed by atoms with van der Waals surface area (Å²) >= 11 is 0. The normalized spacial score (nSPS) is 17.1. The minimum Gasteiger partial charge on any atom is -0.349 e. The highest BCUT2D eigenvalue weighted by atomic mass is 16.1. The van der Waals surface area contributed by atoms with Gasteiger partial charge in [0.1, 0.15) is 0 Å². The highest BCUT2D eigenvalue weighted by molar-refractivity contribution is 5.97. The maximum atomic E-state index is 12.9. The van der Waals surface area contributed by atoms with Crippen molar-refractivity contribution in [3.8, 4) is 5.69 Å².